The third-order valence-corrected chi connectivity index (χ3v) is 1.92. The summed E-state index contributed by atoms with van der Waals surface area (Å²) in [6, 6.07) is 2.43. The molecule has 0 saturated heterocycles. The first-order valence-corrected chi connectivity index (χ1v) is 4.12. The van der Waals surface area contributed by atoms with Gasteiger partial charge in [-0.05, 0) is 24.6 Å². The number of benzene rings is 1. The van der Waals surface area contributed by atoms with Gasteiger partial charge in [0.15, 0.2) is 11.5 Å². The highest BCUT2D eigenvalue weighted by atomic mass is 16.5. The molecule has 15 heavy (non-hydrogen) atoms. The van der Waals surface area contributed by atoms with Crippen molar-refractivity contribution in [1.82, 2.24) is 0 Å². The first-order valence-electron chi connectivity index (χ1n) is 4.12. The van der Waals surface area contributed by atoms with E-state index < -0.39 is 11.8 Å². The second kappa shape index (κ2) is 4.00. The van der Waals surface area contributed by atoms with Gasteiger partial charge >= 0.3 is 5.97 Å². The van der Waals surface area contributed by atoms with Crippen LogP contribution >= 0.6 is 0 Å². The van der Waals surface area contributed by atoms with Crippen LogP contribution in [0.4, 0.5) is 0 Å². The minimum atomic E-state index is -1.56. The van der Waals surface area contributed by atoms with Gasteiger partial charge in [-0.2, -0.15) is 0 Å². The van der Waals surface area contributed by atoms with E-state index in [4.69, 9.17) is 9.84 Å². The number of aliphatic carboxylic acids is 1. The third-order valence-electron chi connectivity index (χ3n) is 1.92. The molecule has 0 aromatic heterocycles. The van der Waals surface area contributed by atoms with Crippen LogP contribution in [0.25, 0.3) is 0 Å². The molecular weight excluding hydrogens is 200 g/mol. The minimum Gasteiger partial charge on any atom is -0.504 e. The largest absolute Gasteiger partial charge is 0.504 e. The number of aromatic hydroxyl groups is 1. The fourth-order valence-corrected chi connectivity index (χ4v) is 1.28. The van der Waals surface area contributed by atoms with Crippen molar-refractivity contribution in [3.63, 3.8) is 0 Å². The Morgan fingerprint density at radius 3 is 2.33 bits per heavy atom. The van der Waals surface area contributed by atoms with Gasteiger partial charge in [0.2, 0.25) is 0 Å². The second-order valence-electron chi connectivity index (χ2n) is 2.98. The fraction of sp³-hybridized carbons (Fsp3) is 0.200. The van der Waals surface area contributed by atoms with E-state index in [0.717, 1.165) is 6.07 Å². The number of carbonyl (C=O) groups excluding carboxylic acids is 1. The molecule has 0 aliphatic heterocycles. The summed E-state index contributed by atoms with van der Waals surface area (Å²) in [7, 11) is 1.38. The normalized spacial score (nSPS) is 9.73. The van der Waals surface area contributed by atoms with Gasteiger partial charge in [-0.3, -0.25) is 4.79 Å². The van der Waals surface area contributed by atoms with Crippen LogP contribution < -0.4 is 4.74 Å². The van der Waals surface area contributed by atoms with E-state index in [9.17, 15) is 14.7 Å². The zero-order valence-electron chi connectivity index (χ0n) is 8.27. The minimum absolute atomic E-state index is 0.0710. The van der Waals surface area contributed by atoms with Crippen LogP contribution in [0, 0.1) is 6.92 Å². The Morgan fingerprint density at radius 1 is 1.33 bits per heavy atom. The summed E-state index contributed by atoms with van der Waals surface area (Å²) in [6.45, 7) is 1.61. The highest BCUT2D eigenvalue weighted by molar-refractivity contribution is 6.39. The van der Waals surface area contributed by atoms with Crippen LogP contribution in [-0.2, 0) is 4.79 Å². The lowest BCUT2D eigenvalue weighted by molar-refractivity contribution is -0.131. The number of Topliss-reactive ketones (excluding diaryl/α,β-unsaturated/α-hetero) is 1. The Bertz CT molecular complexity index is 399. The van der Waals surface area contributed by atoms with E-state index >= 15 is 0 Å². The summed E-state index contributed by atoms with van der Waals surface area (Å²) < 4.78 is 4.86. The maximum absolute atomic E-state index is 11.1. The quantitative estimate of drug-likeness (QED) is 0.573. The molecule has 80 valence electrons. The molecule has 1 aromatic rings. The number of phenols is 1. The third kappa shape index (κ3) is 2.07. The van der Waals surface area contributed by atoms with Gasteiger partial charge in [0, 0.05) is 5.56 Å². The predicted octanol–water partition coefficient (Wildman–Crippen LogP) is 0.977. The van der Waals surface area contributed by atoms with Gasteiger partial charge in [0.25, 0.3) is 5.78 Å². The van der Waals surface area contributed by atoms with E-state index in [1.807, 2.05) is 0 Å². The molecule has 0 aliphatic rings. The van der Waals surface area contributed by atoms with Crippen LogP contribution in [0.15, 0.2) is 12.1 Å². The highest BCUT2D eigenvalue weighted by Gasteiger charge is 2.18. The zero-order valence-corrected chi connectivity index (χ0v) is 8.27. The molecule has 0 bridgehead atoms. The number of ether oxygens (including phenoxy) is 1. The topological polar surface area (TPSA) is 83.8 Å². The summed E-state index contributed by atoms with van der Waals surface area (Å²) in [5, 5.41) is 17.9. The number of ketones is 1. The zero-order chi connectivity index (χ0) is 11.6. The van der Waals surface area contributed by atoms with E-state index in [1.165, 1.54) is 13.2 Å². The maximum Gasteiger partial charge on any atom is 0.377 e. The van der Waals surface area contributed by atoms with Crippen LogP contribution in [0.1, 0.15) is 15.9 Å². The SMILES string of the molecule is COc1c(C)cc(C(=O)C(=O)O)cc1O. The lowest BCUT2D eigenvalue weighted by Gasteiger charge is -2.08. The van der Waals surface area contributed by atoms with Crippen LogP contribution in [0.3, 0.4) is 0 Å². The summed E-state index contributed by atoms with van der Waals surface area (Å²) >= 11 is 0. The lowest BCUT2D eigenvalue weighted by Crippen LogP contribution is -2.12. The number of methoxy groups -OCH3 is 1. The van der Waals surface area contributed by atoms with Gasteiger partial charge in [-0.1, -0.05) is 0 Å². The van der Waals surface area contributed by atoms with Crippen molar-refractivity contribution in [2.24, 2.45) is 0 Å². The van der Waals surface area contributed by atoms with Crippen molar-refractivity contribution in [1.29, 1.82) is 0 Å². The van der Waals surface area contributed by atoms with E-state index in [-0.39, 0.29) is 17.1 Å². The van der Waals surface area contributed by atoms with E-state index in [2.05, 4.69) is 0 Å². The average Bonchev–Trinajstić information content (AvgIpc) is 2.15. The molecule has 0 spiro atoms. The summed E-state index contributed by atoms with van der Waals surface area (Å²) in [5.74, 6) is -2.63. The standard InChI is InChI=1S/C10H10O5/c1-5-3-6(8(12)10(13)14)4-7(11)9(5)15-2/h3-4,11H,1-2H3,(H,13,14). The van der Waals surface area contributed by atoms with Gasteiger partial charge < -0.3 is 14.9 Å². The van der Waals surface area contributed by atoms with Crippen LogP contribution in [0.5, 0.6) is 11.5 Å². The number of aryl methyl sites for hydroxylation is 1. The number of rotatable bonds is 3. The Kier molecular flexibility index (Phi) is 2.94. The van der Waals surface area contributed by atoms with Gasteiger partial charge in [0.05, 0.1) is 7.11 Å². The Balaban J connectivity index is 3.26. The number of carboxylic acids is 1. The Hall–Kier alpha value is -2.04. The van der Waals surface area contributed by atoms with Crippen molar-refractivity contribution < 1.29 is 24.5 Å². The molecule has 0 radical (unpaired) electrons. The van der Waals surface area contributed by atoms with Crippen molar-refractivity contribution in [2.45, 2.75) is 6.92 Å². The fourth-order valence-electron chi connectivity index (χ4n) is 1.28. The van der Waals surface area contributed by atoms with Gasteiger partial charge in [0.1, 0.15) is 0 Å². The molecule has 1 rings (SSSR count). The smallest absolute Gasteiger partial charge is 0.377 e. The van der Waals surface area contributed by atoms with Gasteiger partial charge in [-0.15, -0.1) is 0 Å². The number of carboxylic acid groups (broad SMARTS) is 1. The summed E-state index contributed by atoms with van der Waals surface area (Å²) in [4.78, 5) is 21.5. The molecule has 1 aromatic carbocycles. The number of hydrogen-bond donors (Lipinski definition) is 2. The van der Waals surface area contributed by atoms with Crippen molar-refractivity contribution in [3.05, 3.63) is 23.3 Å². The molecule has 0 fully saturated rings. The molecule has 2 N–H and O–H groups in total. The molecule has 0 amide bonds. The molecular formula is C10H10O5. The maximum atomic E-state index is 11.1. The Labute approximate surface area is 85.9 Å². The molecule has 0 heterocycles. The number of phenolic OH excluding ortho intramolecular Hbond substituents is 1. The average molecular weight is 210 g/mol. The summed E-state index contributed by atoms with van der Waals surface area (Å²) in [5.41, 5.74) is 0.431. The monoisotopic (exact) mass is 210 g/mol. The molecule has 5 heteroatoms. The molecule has 0 aliphatic carbocycles. The second-order valence-corrected chi connectivity index (χ2v) is 2.98. The molecule has 5 nitrogen and oxygen atoms in total. The molecule has 0 saturated carbocycles. The van der Waals surface area contributed by atoms with Crippen molar-refractivity contribution in [2.75, 3.05) is 7.11 Å². The van der Waals surface area contributed by atoms with Gasteiger partial charge in [-0.25, -0.2) is 4.79 Å². The molecule has 0 atom stereocenters. The predicted molar refractivity (Wildman–Crippen MR) is 51.4 cm³/mol. The first-order chi connectivity index (χ1) is 6.97. The van der Waals surface area contributed by atoms with E-state index in [1.54, 1.807) is 6.92 Å². The van der Waals surface area contributed by atoms with Crippen LogP contribution in [-0.4, -0.2) is 29.1 Å². The van der Waals surface area contributed by atoms with Crippen molar-refractivity contribution in [3.8, 4) is 11.5 Å². The summed E-state index contributed by atoms with van der Waals surface area (Å²) in [6.07, 6.45) is 0. The van der Waals surface area contributed by atoms with Crippen molar-refractivity contribution >= 4 is 11.8 Å². The molecule has 0 unspecified atom stereocenters. The lowest BCUT2D eigenvalue weighted by atomic mass is 10.1. The number of carbonyl (C=O) groups is 2. The number of hydrogen-bond acceptors (Lipinski definition) is 4. The van der Waals surface area contributed by atoms with Crippen LogP contribution in [0.2, 0.25) is 0 Å². The Morgan fingerprint density at radius 2 is 1.93 bits per heavy atom. The highest BCUT2D eigenvalue weighted by Crippen LogP contribution is 2.30. The van der Waals surface area contributed by atoms with E-state index in [0.29, 0.717) is 5.56 Å². The first kappa shape index (κ1) is 11.0.